The highest BCUT2D eigenvalue weighted by Gasteiger charge is 2.13. The van der Waals surface area contributed by atoms with Crippen molar-refractivity contribution in [2.24, 2.45) is 0 Å². The summed E-state index contributed by atoms with van der Waals surface area (Å²) in [6.07, 6.45) is 0.808. The third-order valence-electron chi connectivity index (χ3n) is 4.45. The van der Waals surface area contributed by atoms with Crippen LogP contribution in [-0.2, 0) is 19.6 Å². The molecule has 0 amide bonds. The molecule has 6 heteroatoms. The van der Waals surface area contributed by atoms with Crippen molar-refractivity contribution < 1.29 is 18.3 Å². The number of hydrogen-bond donors (Lipinski definition) is 1. The Hall–Kier alpha value is -2.44. The summed E-state index contributed by atoms with van der Waals surface area (Å²) in [6.45, 7) is 1.51. The van der Waals surface area contributed by atoms with Crippen LogP contribution in [0.1, 0.15) is 16.7 Å². The van der Waals surface area contributed by atoms with Crippen molar-refractivity contribution in [3.05, 3.63) is 93.5 Å². The molecular weight excluding hydrogens is 440 g/mol. The largest absolute Gasteiger partial charge is 0.493 e. The topological polar surface area (TPSA) is 30.5 Å². The lowest BCUT2D eigenvalue weighted by Crippen LogP contribution is -2.16. The van der Waals surface area contributed by atoms with Crippen molar-refractivity contribution in [3.63, 3.8) is 0 Å². The number of rotatable bonds is 9. The first-order valence-corrected chi connectivity index (χ1v) is 10.0. The molecule has 0 aliphatic heterocycles. The van der Waals surface area contributed by atoms with Gasteiger partial charge in [0.25, 0.3) is 0 Å². The second-order valence-corrected chi connectivity index (χ2v) is 7.40. The van der Waals surface area contributed by atoms with Gasteiger partial charge in [0.15, 0.2) is 11.5 Å². The van der Waals surface area contributed by atoms with Crippen LogP contribution in [0.4, 0.5) is 8.78 Å². The van der Waals surface area contributed by atoms with E-state index < -0.39 is 0 Å². The molecule has 3 aromatic carbocycles. The Morgan fingerprint density at radius 1 is 0.966 bits per heavy atom. The van der Waals surface area contributed by atoms with E-state index in [0.29, 0.717) is 23.6 Å². The Bertz CT molecular complexity index is 948. The van der Waals surface area contributed by atoms with Crippen LogP contribution < -0.4 is 14.8 Å². The number of methoxy groups -OCH3 is 1. The highest BCUT2D eigenvalue weighted by atomic mass is 79.9. The van der Waals surface area contributed by atoms with Crippen LogP contribution in [0, 0.1) is 11.6 Å². The molecule has 0 bridgehead atoms. The first-order chi connectivity index (χ1) is 14.1. The maximum Gasteiger partial charge on any atom is 0.175 e. The van der Waals surface area contributed by atoms with Gasteiger partial charge in [-0.2, -0.15) is 0 Å². The number of nitrogens with one attached hydrogen (secondary N) is 1. The SMILES string of the molecule is COc1cc(CNCCc2ccc(F)cc2)cc(Br)c1OCc1ccccc1F. The summed E-state index contributed by atoms with van der Waals surface area (Å²) in [6, 6.07) is 16.9. The minimum atomic E-state index is -0.301. The Morgan fingerprint density at radius 3 is 2.45 bits per heavy atom. The molecule has 0 aromatic heterocycles. The van der Waals surface area contributed by atoms with Crippen LogP contribution in [0.25, 0.3) is 0 Å². The zero-order chi connectivity index (χ0) is 20.6. The van der Waals surface area contributed by atoms with E-state index in [0.717, 1.165) is 28.6 Å². The maximum absolute atomic E-state index is 13.8. The van der Waals surface area contributed by atoms with Crippen LogP contribution in [-0.4, -0.2) is 13.7 Å². The normalized spacial score (nSPS) is 10.8. The van der Waals surface area contributed by atoms with Crippen molar-refractivity contribution in [2.45, 2.75) is 19.6 Å². The van der Waals surface area contributed by atoms with Gasteiger partial charge in [-0.15, -0.1) is 0 Å². The standard InChI is InChI=1S/C23H22BrF2NO2/c1-28-22-13-17(14-27-11-10-16-6-8-19(25)9-7-16)12-20(24)23(22)29-15-18-4-2-3-5-21(18)26/h2-9,12-13,27H,10-11,14-15H2,1H3. The van der Waals surface area contributed by atoms with E-state index in [1.807, 2.05) is 12.1 Å². The molecule has 0 saturated carbocycles. The quantitative estimate of drug-likeness (QED) is 0.417. The zero-order valence-electron chi connectivity index (χ0n) is 16.1. The molecule has 1 N–H and O–H groups in total. The molecule has 29 heavy (non-hydrogen) atoms. The summed E-state index contributed by atoms with van der Waals surface area (Å²) < 4.78 is 38.8. The van der Waals surface area contributed by atoms with Crippen molar-refractivity contribution >= 4 is 15.9 Å². The van der Waals surface area contributed by atoms with Gasteiger partial charge < -0.3 is 14.8 Å². The van der Waals surface area contributed by atoms with Gasteiger partial charge in [-0.05, 0) is 70.4 Å². The van der Waals surface area contributed by atoms with Crippen molar-refractivity contribution in [3.8, 4) is 11.5 Å². The molecule has 3 aromatic rings. The van der Waals surface area contributed by atoms with E-state index >= 15 is 0 Å². The highest BCUT2D eigenvalue weighted by Crippen LogP contribution is 2.37. The molecule has 0 spiro atoms. The minimum Gasteiger partial charge on any atom is -0.493 e. The van der Waals surface area contributed by atoms with E-state index in [4.69, 9.17) is 9.47 Å². The molecule has 3 rings (SSSR count). The maximum atomic E-state index is 13.8. The number of hydrogen-bond acceptors (Lipinski definition) is 3. The Morgan fingerprint density at radius 2 is 1.72 bits per heavy atom. The van der Waals surface area contributed by atoms with Gasteiger partial charge in [-0.3, -0.25) is 0 Å². The molecule has 0 heterocycles. The average molecular weight is 462 g/mol. The van der Waals surface area contributed by atoms with Crippen molar-refractivity contribution in [1.82, 2.24) is 5.32 Å². The van der Waals surface area contributed by atoms with Gasteiger partial charge in [0, 0.05) is 12.1 Å². The molecule has 0 unspecified atom stereocenters. The molecule has 152 valence electrons. The predicted molar refractivity (Wildman–Crippen MR) is 113 cm³/mol. The Labute approximate surface area is 177 Å². The van der Waals surface area contributed by atoms with Crippen LogP contribution in [0.5, 0.6) is 11.5 Å². The van der Waals surface area contributed by atoms with Gasteiger partial charge in [0.2, 0.25) is 0 Å². The summed E-state index contributed by atoms with van der Waals surface area (Å²) in [7, 11) is 1.57. The van der Waals surface area contributed by atoms with Crippen LogP contribution >= 0.6 is 15.9 Å². The van der Waals surface area contributed by atoms with Crippen LogP contribution in [0.15, 0.2) is 65.1 Å². The van der Waals surface area contributed by atoms with Gasteiger partial charge in [-0.25, -0.2) is 8.78 Å². The summed E-state index contributed by atoms with van der Waals surface area (Å²) in [5.41, 5.74) is 2.58. The van der Waals surface area contributed by atoms with Crippen LogP contribution in [0.3, 0.4) is 0 Å². The van der Waals surface area contributed by atoms with Crippen molar-refractivity contribution in [1.29, 1.82) is 0 Å². The summed E-state index contributed by atoms with van der Waals surface area (Å²) in [5.74, 6) is 0.581. The Balaban J connectivity index is 1.58. The minimum absolute atomic E-state index is 0.108. The summed E-state index contributed by atoms with van der Waals surface area (Å²) in [4.78, 5) is 0. The monoisotopic (exact) mass is 461 g/mol. The molecule has 0 aliphatic rings. The second-order valence-electron chi connectivity index (χ2n) is 6.54. The number of benzene rings is 3. The second kappa shape index (κ2) is 10.4. The van der Waals surface area contributed by atoms with Gasteiger partial charge in [-0.1, -0.05) is 30.3 Å². The lowest BCUT2D eigenvalue weighted by Gasteiger charge is -2.15. The first kappa shape index (κ1) is 21.3. The third kappa shape index (κ3) is 6.02. The fraction of sp³-hybridized carbons (Fsp3) is 0.217. The molecule has 0 atom stereocenters. The third-order valence-corrected chi connectivity index (χ3v) is 5.04. The number of halogens is 3. The number of ether oxygens (including phenoxy) is 2. The van der Waals surface area contributed by atoms with E-state index in [9.17, 15) is 8.78 Å². The Kier molecular flexibility index (Phi) is 7.61. The molecule has 0 fully saturated rings. The summed E-state index contributed by atoms with van der Waals surface area (Å²) >= 11 is 3.52. The van der Waals surface area contributed by atoms with Gasteiger partial charge >= 0.3 is 0 Å². The molecule has 0 saturated heterocycles. The average Bonchev–Trinajstić information content (AvgIpc) is 2.72. The summed E-state index contributed by atoms with van der Waals surface area (Å²) in [5, 5.41) is 3.37. The van der Waals surface area contributed by atoms with E-state index in [-0.39, 0.29) is 18.2 Å². The predicted octanol–water partition coefficient (Wildman–Crippen LogP) is 5.65. The first-order valence-electron chi connectivity index (χ1n) is 9.24. The highest BCUT2D eigenvalue weighted by molar-refractivity contribution is 9.10. The van der Waals surface area contributed by atoms with Crippen LogP contribution in [0.2, 0.25) is 0 Å². The fourth-order valence-electron chi connectivity index (χ4n) is 2.90. The smallest absolute Gasteiger partial charge is 0.175 e. The van der Waals surface area contributed by atoms with Gasteiger partial charge in [0.1, 0.15) is 18.2 Å². The van der Waals surface area contributed by atoms with E-state index in [2.05, 4.69) is 21.2 Å². The van der Waals surface area contributed by atoms with E-state index in [1.54, 1.807) is 37.4 Å². The lowest BCUT2D eigenvalue weighted by molar-refractivity contribution is 0.277. The fourth-order valence-corrected chi connectivity index (χ4v) is 3.50. The zero-order valence-corrected chi connectivity index (χ0v) is 17.6. The molecule has 0 aliphatic carbocycles. The van der Waals surface area contributed by atoms with E-state index in [1.165, 1.54) is 18.2 Å². The molecule has 3 nitrogen and oxygen atoms in total. The molecule has 0 radical (unpaired) electrons. The van der Waals surface area contributed by atoms with Crippen molar-refractivity contribution in [2.75, 3.05) is 13.7 Å². The van der Waals surface area contributed by atoms with Gasteiger partial charge in [0.05, 0.1) is 11.6 Å². The lowest BCUT2D eigenvalue weighted by atomic mass is 10.1. The molecular formula is C23H22BrF2NO2.